The number of hydrogen-bond donors (Lipinski definition) is 1. The topological polar surface area (TPSA) is 67.9 Å². The van der Waals surface area contributed by atoms with Crippen LogP contribution in [-0.4, -0.2) is 22.9 Å². The highest BCUT2D eigenvalue weighted by Crippen LogP contribution is 2.31. The molecule has 0 amide bonds. The smallest absolute Gasteiger partial charge is 0.227 e. The fourth-order valence-corrected chi connectivity index (χ4v) is 2.93. The Kier molecular flexibility index (Phi) is 4.81. The second-order valence-electron chi connectivity index (χ2n) is 6.37. The second kappa shape index (κ2) is 7.56. The number of benzene rings is 3. The van der Waals surface area contributed by atoms with Gasteiger partial charge in [0.05, 0.1) is 12.3 Å². The summed E-state index contributed by atoms with van der Waals surface area (Å²) >= 11 is 0. The molecule has 0 radical (unpaired) electrons. The Labute approximate surface area is 163 Å². The normalized spacial score (nSPS) is 11.4. The molecule has 5 heteroatoms. The molecule has 4 rings (SSSR count). The van der Waals surface area contributed by atoms with E-state index in [0.29, 0.717) is 23.8 Å². The fraction of sp³-hybridized carbons (Fsp3) is 0.130. The molecule has 28 heavy (non-hydrogen) atoms. The van der Waals surface area contributed by atoms with E-state index in [-0.39, 0.29) is 5.75 Å². The van der Waals surface area contributed by atoms with Gasteiger partial charge in [-0.1, -0.05) is 24.3 Å². The summed E-state index contributed by atoms with van der Waals surface area (Å²) in [7, 11) is 0. The zero-order valence-corrected chi connectivity index (χ0v) is 15.7. The molecule has 140 valence electrons. The third kappa shape index (κ3) is 3.47. The van der Waals surface area contributed by atoms with E-state index in [1.807, 2.05) is 62.4 Å². The van der Waals surface area contributed by atoms with E-state index in [0.717, 1.165) is 27.9 Å². The van der Waals surface area contributed by atoms with Crippen molar-refractivity contribution in [2.75, 3.05) is 6.61 Å². The van der Waals surface area contributed by atoms with E-state index in [4.69, 9.17) is 9.15 Å². The number of aromatic hydroxyl groups is 1. The van der Waals surface area contributed by atoms with Gasteiger partial charge >= 0.3 is 0 Å². The predicted octanol–water partition coefficient (Wildman–Crippen LogP) is 5.66. The van der Waals surface area contributed by atoms with Crippen molar-refractivity contribution >= 4 is 23.0 Å². The molecule has 0 atom stereocenters. The van der Waals surface area contributed by atoms with Gasteiger partial charge in [-0.2, -0.15) is 0 Å². The number of oxazole rings is 1. The van der Waals surface area contributed by atoms with Crippen molar-refractivity contribution in [2.24, 2.45) is 4.99 Å². The molecule has 0 spiro atoms. The predicted molar refractivity (Wildman–Crippen MR) is 111 cm³/mol. The summed E-state index contributed by atoms with van der Waals surface area (Å²) in [6.07, 6.45) is 1.63. The molecular formula is C23H20N2O3. The number of nitrogens with zero attached hydrogens (tertiary/aromatic N) is 2. The lowest BCUT2D eigenvalue weighted by Crippen LogP contribution is -1.93. The van der Waals surface area contributed by atoms with E-state index in [9.17, 15) is 5.11 Å². The first-order valence-electron chi connectivity index (χ1n) is 9.11. The number of ether oxygens (including phenoxy) is 1. The van der Waals surface area contributed by atoms with Crippen LogP contribution in [0, 0.1) is 6.92 Å². The molecule has 0 fully saturated rings. The highest BCUT2D eigenvalue weighted by molar-refractivity contribution is 5.87. The van der Waals surface area contributed by atoms with Crippen molar-refractivity contribution in [3.8, 4) is 23.0 Å². The van der Waals surface area contributed by atoms with Crippen LogP contribution in [0.3, 0.4) is 0 Å². The SMILES string of the molecule is CCOc1cccc(C=Nc2cc(-c3nc4ccccc4o3)ccc2C)c1O. The number of aromatic nitrogens is 1. The number of rotatable bonds is 5. The number of hydrogen-bond acceptors (Lipinski definition) is 5. The molecule has 0 bridgehead atoms. The summed E-state index contributed by atoms with van der Waals surface area (Å²) < 4.78 is 11.3. The van der Waals surface area contributed by atoms with Crippen LogP contribution in [0.5, 0.6) is 11.5 Å². The summed E-state index contributed by atoms with van der Waals surface area (Å²) in [5, 5.41) is 10.3. The first-order valence-corrected chi connectivity index (χ1v) is 9.11. The zero-order valence-electron chi connectivity index (χ0n) is 15.7. The Bertz CT molecular complexity index is 1130. The summed E-state index contributed by atoms with van der Waals surface area (Å²) in [4.78, 5) is 9.11. The lowest BCUT2D eigenvalue weighted by Gasteiger charge is -2.07. The van der Waals surface area contributed by atoms with Crippen LogP contribution in [0.4, 0.5) is 5.69 Å². The molecule has 0 aliphatic carbocycles. The molecule has 0 aliphatic heterocycles. The monoisotopic (exact) mass is 372 g/mol. The van der Waals surface area contributed by atoms with Gasteiger partial charge in [0.15, 0.2) is 17.1 Å². The Morgan fingerprint density at radius 1 is 1.11 bits per heavy atom. The van der Waals surface area contributed by atoms with Gasteiger partial charge in [-0.25, -0.2) is 4.98 Å². The average Bonchev–Trinajstić information content (AvgIpc) is 3.14. The van der Waals surface area contributed by atoms with Crippen LogP contribution in [0.2, 0.25) is 0 Å². The summed E-state index contributed by atoms with van der Waals surface area (Å²) in [5.41, 5.74) is 4.80. The Balaban J connectivity index is 1.68. The molecule has 4 aromatic rings. The number of phenolic OH excluding ortho intramolecular Hbond substituents is 1. The van der Waals surface area contributed by atoms with Gasteiger partial charge in [0.2, 0.25) is 5.89 Å². The number of aliphatic imine (C=N–C) groups is 1. The summed E-state index contributed by atoms with van der Waals surface area (Å²) in [6.45, 7) is 4.35. The minimum atomic E-state index is 0.0841. The van der Waals surface area contributed by atoms with Crippen LogP contribution in [0.1, 0.15) is 18.1 Å². The van der Waals surface area contributed by atoms with E-state index in [2.05, 4.69) is 9.98 Å². The Hall–Kier alpha value is -3.60. The largest absolute Gasteiger partial charge is 0.504 e. The van der Waals surface area contributed by atoms with Crippen molar-refractivity contribution in [2.45, 2.75) is 13.8 Å². The van der Waals surface area contributed by atoms with Crippen LogP contribution >= 0.6 is 0 Å². The van der Waals surface area contributed by atoms with Gasteiger partial charge < -0.3 is 14.3 Å². The van der Waals surface area contributed by atoms with Crippen molar-refractivity contribution in [1.29, 1.82) is 0 Å². The van der Waals surface area contributed by atoms with E-state index in [1.165, 1.54) is 0 Å². The fourth-order valence-electron chi connectivity index (χ4n) is 2.93. The third-order valence-corrected chi connectivity index (χ3v) is 4.42. The van der Waals surface area contributed by atoms with Crippen molar-refractivity contribution in [1.82, 2.24) is 4.98 Å². The highest BCUT2D eigenvalue weighted by Gasteiger charge is 2.10. The molecule has 0 saturated carbocycles. The number of fused-ring (bicyclic) bond motifs is 1. The van der Waals surface area contributed by atoms with Gasteiger partial charge in [-0.05, 0) is 55.8 Å². The van der Waals surface area contributed by atoms with E-state index < -0.39 is 0 Å². The van der Waals surface area contributed by atoms with Gasteiger partial charge in [0, 0.05) is 17.3 Å². The third-order valence-electron chi connectivity index (χ3n) is 4.42. The second-order valence-corrected chi connectivity index (χ2v) is 6.37. The maximum absolute atomic E-state index is 10.3. The summed E-state index contributed by atoms with van der Waals surface area (Å²) in [5.74, 6) is 1.09. The number of aryl methyl sites for hydroxylation is 1. The van der Waals surface area contributed by atoms with Crippen molar-refractivity contribution in [3.63, 3.8) is 0 Å². The minimum Gasteiger partial charge on any atom is -0.504 e. The first-order chi connectivity index (χ1) is 13.7. The molecule has 1 N–H and O–H groups in total. The van der Waals surface area contributed by atoms with Crippen LogP contribution in [-0.2, 0) is 0 Å². The summed E-state index contributed by atoms with van der Waals surface area (Å²) in [6, 6.07) is 18.9. The standard InChI is InChI=1S/C23H20N2O3/c1-3-27-21-10-6-7-17(22(21)26)14-24-19-13-16(12-11-15(19)2)23-25-18-8-4-5-9-20(18)28-23/h4-14,26H,3H2,1-2H3. The quantitative estimate of drug-likeness (QED) is 0.459. The van der Waals surface area contributed by atoms with Gasteiger partial charge in [0.1, 0.15) is 5.52 Å². The highest BCUT2D eigenvalue weighted by atomic mass is 16.5. The Morgan fingerprint density at radius 3 is 2.79 bits per heavy atom. The van der Waals surface area contributed by atoms with E-state index in [1.54, 1.807) is 18.3 Å². The molecule has 0 unspecified atom stereocenters. The molecule has 0 aliphatic rings. The lowest BCUT2D eigenvalue weighted by atomic mass is 10.1. The van der Waals surface area contributed by atoms with Gasteiger partial charge in [-0.3, -0.25) is 4.99 Å². The molecular weight excluding hydrogens is 352 g/mol. The lowest BCUT2D eigenvalue weighted by molar-refractivity contribution is 0.318. The van der Waals surface area contributed by atoms with Crippen LogP contribution in [0.15, 0.2) is 70.1 Å². The molecule has 3 aromatic carbocycles. The number of phenols is 1. The van der Waals surface area contributed by atoms with Crippen LogP contribution in [0.25, 0.3) is 22.6 Å². The average molecular weight is 372 g/mol. The van der Waals surface area contributed by atoms with Gasteiger partial charge in [-0.15, -0.1) is 0 Å². The van der Waals surface area contributed by atoms with Crippen LogP contribution < -0.4 is 4.74 Å². The first kappa shape index (κ1) is 17.8. The number of para-hydroxylation sites is 3. The zero-order chi connectivity index (χ0) is 19.5. The maximum Gasteiger partial charge on any atom is 0.227 e. The molecule has 5 nitrogen and oxygen atoms in total. The minimum absolute atomic E-state index is 0.0841. The van der Waals surface area contributed by atoms with E-state index >= 15 is 0 Å². The molecule has 1 aromatic heterocycles. The molecule has 0 saturated heterocycles. The molecule has 1 heterocycles. The van der Waals surface area contributed by atoms with Crippen molar-refractivity contribution in [3.05, 3.63) is 71.8 Å². The Morgan fingerprint density at radius 2 is 1.96 bits per heavy atom. The maximum atomic E-state index is 10.3. The van der Waals surface area contributed by atoms with Gasteiger partial charge in [0.25, 0.3) is 0 Å². The van der Waals surface area contributed by atoms with Crippen molar-refractivity contribution < 1.29 is 14.3 Å².